The molecule has 0 saturated heterocycles. The van der Waals surface area contributed by atoms with Crippen LogP contribution in [0.4, 0.5) is 5.69 Å². The summed E-state index contributed by atoms with van der Waals surface area (Å²) in [5.41, 5.74) is 5.82. The molecule has 0 unspecified atom stereocenters. The minimum atomic E-state index is -0.0114. The molecule has 0 aliphatic rings. The molecule has 2 aromatic heterocycles. The highest BCUT2D eigenvalue weighted by Crippen LogP contribution is 2.30. The summed E-state index contributed by atoms with van der Waals surface area (Å²) in [7, 11) is 3.46. The van der Waals surface area contributed by atoms with E-state index in [0.29, 0.717) is 18.7 Å². The Morgan fingerprint density at radius 3 is 2.79 bits per heavy atom. The molecule has 154 valence electrons. The summed E-state index contributed by atoms with van der Waals surface area (Å²) in [6.45, 7) is 7.79. The Labute approximate surface area is 171 Å². The molecule has 1 amide bonds. The Balaban J connectivity index is 1.73. The zero-order valence-corrected chi connectivity index (χ0v) is 17.8. The van der Waals surface area contributed by atoms with Crippen LogP contribution < -0.4 is 15.4 Å². The maximum atomic E-state index is 12.5. The van der Waals surface area contributed by atoms with E-state index in [0.717, 1.165) is 52.2 Å². The van der Waals surface area contributed by atoms with Crippen LogP contribution in [0.5, 0.6) is 5.88 Å². The summed E-state index contributed by atoms with van der Waals surface area (Å²) in [5, 5.41) is 11.6. The van der Waals surface area contributed by atoms with Crippen molar-refractivity contribution in [1.82, 2.24) is 20.1 Å². The van der Waals surface area contributed by atoms with Crippen molar-refractivity contribution in [2.24, 2.45) is 7.05 Å². The van der Waals surface area contributed by atoms with Crippen molar-refractivity contribution >= 4 is 22.6 Å². The van der Waals surface area contributed by atoms with E-state index in [1.165, 1.54) is 0 Å². The van der Waals surface area contributed by atoms with Gasteiger partial charge in [-0.15, -0.1) is 5.10 Å². The van der Waals surface area contributed by atoms with E-state index in [4.69, 9.17) is 4.74 Å². The Kier molecular flexibility index (Phi) is 6.49. The van der Waals surface area contributed by atoms with Gasteiger partial charge >= 0.3 is 0 Å². The number of amides is 1. The number of rotatable bonds is 8. The zero-order chi connectivity index (χ0) is 21.0. The number of anilines is 1. The lowest BCUT2D eigenvalue weighted by Gasteiger charge is -2.12. The molecule has 0 radical (unpaired) electrons. The first-order valence-corrected chi connectivity index (χ1v) is 9.90. The summed E-state index contributed by atoms with van der Waals surface area (Å²) in [6, 6.07) is 7.93. The smallest absolute Gasteiger partial charge is 0.242 e. The van der Waals surface area contributed by atoms with Gasteiger partial charge in [-0.3, -0.25) is 4.79 Å². The highest BCUT2D eigenvalue weighted by atomic mass is 16.5. The van der Waals surface area contributed by atoms with Gasteiger partial charge in [-0.05, 0) is 55.6 Å². The Morgan fingerprint density at radius 1 is 1.28 bits per heavy atom. The van der Waals surface area contributed by atoms with Gasteiger partial charge in [0.25, 0.3) is 0 Å². The minimum Gasteiger partial charge on any atom is -0.479 e. The number of ether oxygens (including phenoxy) is 1. The third kappa shape index (κ3) is 4.56. The second-order valence-electron chi connectivity index (χ2n) is 7.16. The van der Waals surface area contributed by atoms with E-state index in [9.17, 15) is 4.79 Å². The number of hydrogen-bond acceptors (Lipinski definition) is 5. The number of carbonyl (C=O) groups excluding carboxylic acids is 1. The molecule has 0 spiro atoms. The molecule has 0 saturated carbocycles. The summed E-state index contributed by atoms with van der Waals surface area (Å²) in [6.07, 6.45) is 0.996. The van der Waals surface area contributed by atoms with Gasteiger partial charge in [0.1, 0.15) is 0 Å². The number of carbonyl (C=O) groups is 1. The number of aryl methyl sites for hydroxylation is 3. The van der Waals surface area contributed by atoms with Gasteiger partial charge in [0, 0.05) is 31.4 Å². The van der Waals surface area contributed by atoms with Crippen LogP contribution in [-0.4, -0.2) is 34.3 Å². The molecule has 2 heterocycles. The van der Waals surface area contributed by atoms with Crippen molar-refractivity contribution in [3.63, 3.8) is 0 Å². The topological polar surface area (TPSA) is 81.1 Å². The highest BCUT2D eigenvalue weighted by Gasteiger charge is 2.18. The average molecular weight is 396 g/mol. The Hall–Kier alpha value is -2.93. The molecule has 7 nitrogen and oxygen atoms in total. The Morgan fingerprint density at radius 2 is 2.07 bits per heavy atom. The van der Waals surface area contributed by atoms with Gasteiger partial charge in [-0.2, -0.15) is 0 Å². The highest BCUT2D eigenvalue weighted by molar-refractivity contribution is 5.91. The number of methoxy groups -OCH3 is 1. The average Bonchev–Trinajstić information content (AvgIpc) is 3.02. The summed E-state index contributed by atoms with van der Waals surface area (Å²) < 4.78 is 7.14. The number of benzene rings is 1. The molecular weight excluding hydrogens is 366 g/mol. The predicted molar refractivity (Wildman–Crippen MR) is 115 cm³/mol. The number of aromatic nitrogens is 3. The van der Waals surface area contributed by atoms with Crippen LogP contribution in [-0.2, 0) is 24.8 Å². The monoisotopic (exact) mass is 395 g/mol. The van der Waals surface area contributed by atoms with E-state index in [1.807, 2.05) is 45.2 Å². The van der Waals surface area contributed by atoms with Crippen molar-refractivity contribution in [1.29, 1.82) is 0 Å². The maximum Gasteiger partial charge on any atom is 0.242 e. The van der Waals surface area contributed by atoms with Crippen LogP contribution in [0, 0.1) is 13.8 Å². The molecule has 0 atom stereocenters. The second-order valence-corrected chi connectivity index (χ2v) is 7.16. The molecule has 0 aliphatic carbocycles. The molecule has 1 aromatic carbocycles. The third-order valence-corrected chi connectivity index (χ3v) is 5.11. The summed E-state index contributed by atoms with van der Waals surface area (Å²) >= 11 is 0. The van der Waals surface area contributed by atoms with Gasteiger partial charge in [0.05, 0.1) is 12.5 Å². The molecule has 0 fully saturated rings. The van der Waals surface area contributed by atoms with Crippen LogP contribution in [0.15, 0.2) is 24.3 Å². The number of nitrogens with zero attached hydrogens (tertiary/aromatic N) is 3. The maximum absolute atomic E-state index is 12.5. The van der Waals surface area contributed by atoms with E-state index in [-0.39, 0.29) is 5.91 Å². The van der Waals surface area contributed by atoms with E-state index in [2.05, 4.69) is 27.6 Å². The first-order valence-electron chi connectivity index (χ1n) is 9.90. The van der Waals surface area contributed by atoms with Gasteiger partial charge in [-0.1, -0.05) is 19.1 Å². The molecule has 0 aliphatic heterocycles. The zero-order valence-electron chi connectivity index (χ0n) is 17.8. The normalized spacial score (nSPS) is 11.1. The van der Waals surface area contributed by atoms with Crippen molar-refractivity contribution in [2.45, 2.75) is 40.2 Å². The van der Waals surface area contributed by atoms with Gasteiger partial charge in [-0.25, -0.2) is 9.67 Å². The SMILES string of the molecule is CCNCc1cccc(NC(=O)CCc2c(C)nc3c(c(OC)nn3C)c2C)c1. The van der Waals surface area contributed by atoms with E-state index >= 15 is 0 Å². The fourth-order valence-electron chi connectivity index (χ4n) is 3.60. The minimum absolute atomic E-state index is 0.0114. The number of pyridine rings is 1. The molecule has 3 rings (SSSR count). The summed E-state index contributed by atoms with van der Waals surface area (Å²) in [5.74, 6) is 0.554. The first-order chi connectivity index (χ1) is 13.9. The third-order valence-electron chi connectivity index (χ3n) is 5.11. The van der Waals surface area contributed by atoms with Crippen molar-refractivity contribution < 1.29 is 9.53 Å². The van der Waals surface area contributed by atoms with Crippen molar-refractivity contribution in [2.75, 3.05) is 19.0 Å². The first kappa shape index (κ1) is 20.8. The van der Waals surface area contributed by atoms with Crippen molar-refractivity contribution in [3.05, 3.63) is 46.6 Å². The van der Waals surface area contributed by atoms with Crippen LogP contribution in [0.3, 0.4) is 0 Å². The fourth-order valence-corrected chi connectivity index (χ4v) is 3.60. The largest absolute Gasteiger partial charge is 0.479 e. The second kappa shape index (κ2) is 9.05. The lowest BCUT2D eigenvalue weighted by atomic mass is 10.00. The number of fused-ring (bicyclic) bond motifs is 1. The van der Waals surface area contributed by atoms with Crippen LogP contribution in [0.1, 0.15) is 35.7 Å². The predicted octanol–water partition coefficient (Wildman–Crippen LogP) is 3.27. The molecule has 7 heteroatoms. The molecule has 2 N–H and O–H groups in total. The quantitative estimate of drug-likeness (QED) is 0.612. The fraction of sp³-hybridized carbons (Fsp3) is 0.409. The Bertz CT molecular complexity index is 1030. The van der Waals surface area contributed by atoms with E-state index < -0.39 is 0 Å². The number of hydrogen-bond donors (Lipinski definition) is 2. The molecule has 3 aromatic rings. The van der Waals surface area contributed by atoms with Crippen LogP contribution in [0.25, 0.3) is 11.0 Å². The van der Waals surface area contributed by atoms with E-state index in [1.54, 1.807) is 11.8 Å². The molecule has 29 heavy (non-hydrogen) atoms. The lowest BCUT2D eigenvalue weighted by Crippen LogP contribution is -2.15. The van der Waals surface area contributed by atoms with Crippen LogP contribution in [0.2, 0.25) is 0 Å². The van der Waals surface area contributed by atoms with Gasteiger partial charge < -0.3 is 15.4 Å². The van der Waals surface area contributed by atoms with Gasteiger partial charge in [0.2, 0.25) is 11.8 Å². The standard InChI is InChI=1S/C22H29N5O2/c1-6-23-13-16-8-7-9-17(12-16)25-19(28)11-10-18-14(2)20-21(24-15(18)3)27(4)26-22(20)29-5/h7-9,12,23H,6,10-11,13H2,1-5H3,(H,25,28). The summed E-state index contributed by atoms with van der Waals surface area (Å²) in [4.78, 5) is 17.2. The molecule has 0 bridgehead atoms. The van der Waals surface area contributed by atoms with Crippen molar-refractivity contribution in [3.8, 4) is 5.88 Å². The van der Waals surface area contributed by atoms with Crippen LogP contribution >= 0.6 is 0 Å². The van der Waals surface area contributed by atoms with Gasteiger partial charge in [0.15, 0.2) is 5.65 Å². The number of nitrogens with one attached hydrogen (secondary N) is 2. The lowest BCUT2D eigenvalue weighted by molar-refractivity contribution is -0.116. The molecular formula is C22H29N5O2.